The fourth-order valence-electron chi connectivity index (χ4n) is 0.697. The molecule has 0 atom stereocenters. The fourth-order valence-corrected chi connectivity index (χ4v) is 0.697. The van der Waals surface area contributed by atoms with Gasteiger partial charge in [-0.05, 0) is 0 Å². The molecule has 1 amide bonds. The van der Waals surface area contributed by atoms with Gasteiger partial charge in [0.15, 0.2) is 0 Å². The number of hydrogen-bond acceptors (Lipinski definition) is 4. The van der Waals surface area contributed by atoms with E-state index in [1.54, 1.807) is 7.11 Å². The van der Waals surface area contributed by atoms with Gasteiger partial charge in [0, 0.05) is 25.8 Å². The molecule has 0 aliphatic carbocycles. The van der Waals surface area contributed by atoms with Gasteiger partial charge < -0.3 is 19.9 Å². The normalized spacial score (nSPS) is 10.5. The average molecular weight is 217 g/mol. The van der Waals surface area contributed by atoms with Gasteiger partial charge >= 0.3 is 5.97 Å². The predicted molar refractivity (Wildman–Crippen MR) is 52.5 cm³/mol. The van der Waals surface area contributed by atoms with E-state index in [4.69, 9.17) is 14.6 Å². The van der Waals surface area contributed by atoms with Gasteiger partial charge in [0.25, 0.3) is 0 Å². The van der Waals surface area contributed by atoms with Crippen LogP contribution in [0.25, 0.3) is 0 Å². The molecule has 0 aromatic rings. The summed E-state index contributed by atoms with van der Waals surface area (Å²) < 4.78 is 9.82. The van der Waals surface area contributed by atoms with Gasteiger partial charge in [0.1, 0.15) is 0 Å². The number of methoxy groups -OCH3 is 1. The van der Waals surface area contributed by atoms with Crippen molar-refractivity contribution in [3.05, 3.63) is 12.2 Å². The molecule has 0 bridgehead atoms. The van der Waals surface area contributed by atoms with E-state index in [9.17, 15) is 9.59 Å². The number of carboxylic acid groups (broad SMARTS) is 1. The molecular weight excluding hydrogens is 202 g/mol. The number of ether oxygens (including phenoxy) is 2. The Labute approximate surface area is 87.9 Å². The monoisotopic (exact) mass is 217 g/mol. The van der Waals surface area contributed by atoms with Gasteiger partial charge in [-0.1, -0.05) is 0 Å². The molecule has 0 aliphatic rings. The van der Waals surface area contributed by atoms with Crippen LogP contribution >= 0.6 is 0 Å². The number of carboxylic acids is 1. The summed E-state index contributed by atoms with van der Waals surface area (Å²) >= 11 is 0. The quantitative estimate of drug-likeness (QED) is 0.419. The summed E-state index contributed by atoms with van der Waals surface area (Å²) in [6.07, 6.45) is 1.73. The van der Waals surface area contributed by atoms with Crippen LogP contribution in [0.3, 0.4) is 0 Å². The summed E-state index contributed by atoms with van der Waals surface area (Å²) in [6.45, 7) is 1.69. The summed E-state index contributed by atoms with van der Waals surface area (Å²) in [5.74, 6) is -1.60. The number of nitrogens with one attached hydrogen (secondary N) is 1. The minimum atomic E-state index is -1.15. The second-order valence-electron chi connectivity index (χ2n) is 2.57. The highest BCUT2D eigenvalue weighted by Crippen LogP contribution is 1.77. The van der Waals surface area contributed by atoms with Crippen molar-refractivity contribution in [1.82, 2.24) is 5.32 Å². The minimum absolute atomic E-state index is 0.340. The zero-order valence-corrected chi connectivity index (χ0v) is 8.56. The lowest BCUT2D eigenvalue weighted by Gasteiger charge is -2.03. The second-order valence-corrected chi connectivity index (χ2v) is 2.57. The molecule has 2 N–H and O–H groups in total. The average Bonchev–Trinajstić information content (AvgIpc) is 2.20. The summed E-state index contributed by atoms with van der Waals surface area (Å²) in [4.78, 5) is 20.9. The SMILES string of the molecule is COCCOCCNC(=O)C=CC(=O)O. The van der Waals surface area contributed by atoms with Gasteiger partial charge in [-0.15, -0.1) is 0 Å². The van der Waals surface area contributed by atoms with Crippen LogP contribution < -0.4 is 5.32 Å². The highest BCUT2D eigenvalue weighted by Gasteiger charge is 1.95. The van der Waals surface area contributed by atoms with Crippen LogP contribution in [0.1, 0.15) is 0 Å². The van der Waals surface area contributed by atoms with E-state index >= 15 is 0 Å². The van der Waals surface area contributed by atoms with Crippen LogP contribution in [0, 0.1) is 0 Å². The Morgan fingerprint density at radius 3 is 2.60 bits per heavy atom. The van der Waals surface area contributed by atoms with Crippen molar-refractivity contribution in [3.8, 4) is 0 Å². The van der Waals surface area contributed by atoms with E-state index in [2.05, 4.69) is 5.32 Å². The first-order valence-corrected chi connectivity index (χ1v) is 4.42. The highest BCUT2D eigenvalue weighted by molar-refractivity contribution is 5.93. The molecule has 0 radical (unpaired) electrons. The Morgan fingerprint density at radius 1 is 1.27 bits per heavy atom. The van der Waals surface area contributed by atoms with Crippen molar-refractivity contribution in [2.24, 2.45) is 0 Å². The molecule has 0 aromatic heterocycles. The third-order valence-corrected chi connectivity index (χ3v) is 1.35. The van der Waals surface area contributed by atoms with Crippen LogP contribution in [0.2, 0.25) is 0 Å². The van der Waals surface area contributed by atoms with Crippen molar-refractivity contribution >= 4 is 11.9 Å². The maximum atomic E-state index is 10.9. The van der Waals surface area contributed by atoms with E-state index in [0.29, 0.717) is 26.4 Å². The van der Waals surface area contributed by atoms with Crippen LogP contribution in [-0.4, -0.2) is 50.5 Å². The summed E-state index contributed by atoms with van der Waals surface area (Å²) in [7, 11) is 1.57. The topological polar surface area (TPSA) is 84.9 Å². The van der Waals surface area contributed by atoms with E-state index in [-0.39, 0.29) is 0 Å². The lowest BCUT2D eigenvalue weighted by molar-refractivity contribution is -0.131. The first-order valence-electron chi connectivity index (χ1n) is 4.42. The third-order valence-electron chi connectivity index (χ3n) is 1.35. The Balaban J connectivity index is 3.35. The lowest BCUT2D eigenvalue weighted by Crippen LogP contribution is -2.26. The maximum Gasteiger partial charge on any atom is 0.328 e. The van der Waals surface area contributed by atoms with Gasteiger partial charge in [0.2, 0.25) is 5.91 Å². The molecule has 0 aliphatic heterocycles. The summed E-state index contributed by atoms with van der Waals surface area (Å²) in [5, 5.41) is 10.7. The Morgan fingerprint density at radius 2 is 2.00 bits per heavy atom. The fraction of sp³-hybridized carbons (Fsp3) is 0.556. The number of hydrogen-bond donors (Lipinski definition) is 2. The molecule has 0 rings (SSSR count). The Hall–Kier alpha value is -1.40. The first-order chi connectivity index (χ1) is 7.16. The van der Waals surface area contributed by atoms with Gasteiger partial charge in [0.05, 0.1) is 19.8 Å². The Bertz CT molecular complexity index is 227. The molecule has 6 nitrogen and oxygen atoms in total. The number of aliphatic carboxylic acids is 1. The third kappa shape index (κ3) is 10.5. The number of rotatable bonds is 8. The van der Waals surface area contributed by atoms with Crippen LogP contribution in [0.4, 0.5) is 0 Å². The maximum absolute atomic E-state index is 10.9. The van der Waals surface area contributed by atoms with Crippen molar-refractivity contribution in [1.29, 1.82) is 0 Å². The molecule has 0 heterocycles. The number of carbonyl (C=O) groups excluding carboxylic acids is 1. The van der Waals surface area contributed by atoms with E-state index < -0.39 is 11.9 Å². The standard InChI is InChI=1S/C9H15NO5/c1-14-6-7-15-5-4-10-8(11)2-3-9(12)13/h2-3H,4-7H2,1H3,(H,10,11)(H,12,13). The first kappa shape index (κ1) is 13.6. The van der Waals surface area contributed by atoms with Crippen LogP contribution in [-0.2, 0) is 19.1 Å². The lowest BCUT2D eigenvalue weighted by atomic mass is 10.4. The van der Waals surface area contributed by atoms with Gasteiger partial charge in [-0.2, -0.15) is 0 Å². The Kier molecular flexibility index (Phi) is 8.31. The van der Waals surface area contributed by atoms with Crippen molar-refractivity contribution < 1.29 is 24.2 Å². The summed E-state index contributed by atoms with van der Waals surface area (Å²) in [5.41, 5.74) is 0. The molecule has 0 unspecified atom stereocenters. The second kappa shape index (κ2) is 9.17. The molecule has 0 fully saturated rings. The molecule has 0 saturated carbocycles. The number of carbonyl (C=O) groups is 2. The summed E-state index contributed by atoms with van der Waals surface area (Å²) in [6, 6.07) is 0. The molecular formula is C9H15NO5. The molecule has 0 saturated heterocycles. The van der Waals surface area contributed by atoms with Gasteiger partial charge in [-0.3, -0.25) is 4.79 Å². The predicted octanol–water partition coefficient (Wildman–Crippen LogP) is -0.594. The van der Waals surface area contributed by atoms with Crippen molar-refractivity contribution in [2.75, 3.05) is 33.5 Å². The zero-order chi connectivity index (χ0) is 11.5. The number of amides is 1. The molecule has 15 heavy (non-hydrogen) atoms. The molecule has 0 aromatic carbocycles. The minimum Gasteiger partial charge on any atom is -0.478 e. The highest BCUT2D eigenvalue weighted by atomic mass is 16.5. The van der Waals surface area contributed by atoms with Crippen molar-refractivity contribution in [3.63, 3.8) is 0 Å². The zero-order valence-electron chi connectivity index (χ0n) is 8.56. The smallest absolute Gasteiger partial charge is 0.328 e. The molecule has 0 spiro atoms. The van der Waals surface area contributed by atoms with Crippen LogP contribution in [0.5, 0.6) is 0 Å². The van der Waals surface area contributed by atoms with E-state index in [1.807, 2.05) is 0 Å². The van der Waals surface area contributed by atoms with Crippen LogP contribution in [0.15, 0.2) is 12.2 Å². The largest absolute Gasteiger partial charge is 0.478 e. The molecule has 6 heteroatoms. The molecule has 86 valence electrons. The van der Waals surface area contributed by atoms with E-state index in [1.165, 1.54) is 0 Å². The van der Waals surface area contributed by atoms with Gasteiger partial charge in [-0.25, -0.2) is 4.79 Å². The van der Waals surface area contributed by atoms with Crippen molar-refractivity contribution in [2.45, 2.75) is 0 Å². The van der Waals surface area contributed by atoms with E-state index in [0.717, 1.165) is 12.2 Å².